The van der Waals surface area contributed by atoms with Crippen molar-refractivity contribution in [2.75, 3.05) is 45.9 Å². The Hall–Kier alpha value is -2.41. The topological polar surface area (TPSA) is 101 Å². The monoisotopic (exact) mass is 679 g/mol. The Morgan fingerprint density at radius 3 is 2.64 bits per heavy atom. The molecule has 2 aromatic carbocycles. The predicted molar refractivity (Wildman–Crippen MR) is 174 cm³/mol. The molecule has 0 spiro atoms. The molecule has 1 unspecified atom stereocenters. The van der Waals surface area contributed by atoms with Gasteiger partial charge >= 0.3 is 5.97 Å². The number of aromatic nitrogens is 2. The fraction of sp³-hybridized carbons (Fsp3) is 0.500. The highest BCUT2D eigenvalue weighted by molar-refractivity contribution is 6.35. The molecule has 13 heteroatoms. The first-order chi connectivity index (χ1) is 21.7. The minimum absolute atomic E-state index is 0.232. The summed E-state index contributed by atoms with van der Waals surface area (Å²) in [5.74, 6) is -1.36. The van der Waals surface area contributed by atoms with Gasteiger partial charge in [0.1, 0.15) is 18.5 Å². The minimum atomic E-state index is -1.14. The number of nitrogens with one attached hydrogen (secondary N) is 1. The van der Waals surface area contributed by atoms with Crippen molar-refractivity contribution in [3.05, 3.63) is 80.8 Å². The van der Waals surface area contributed by atoms with Crippen LogP contribution >= 0.6 is 34.8 Å². The third-order valence-electron chi connectivity index (χ3n) is 8.13. The van der Waals surface area contributed by atoms with Crippen molar-refractivity contribution >= 4 is 40.8 Å². The lowest BCUT2D eigenvalue weighted by Gasteiger charge is -2.38. The van der Waals surface area contributed by atoms with E-state index in [1.807, 2.05) is 34.7 Å². The Kier molecular flexibility index (Phi) is 11.7. The Bertz CT molecular complexity index is 1410. The zero-order valence-electron chi connectivity index (χ0n) is 25.6. The van der Waals surface area contributed by atoms with Crippen LogP contribution in [-0.2, 0) is 33.1 Å². The third kappa shape index (κ3) is 8.50. The zero-order chi connectivity index (χ0) is 32.0. The Morgan fingerprint density at radius 2 is 1.98 bits per heavy atom. The second-order valence-electron chi connectivity index (χ2n) is 11.6. The molecule has 3 atom stereocenters. The molecular weight excluding hydrogens is 641 g/mol. The summed E-state index contributed by atoms with van der Waals surface area (Å²) in [6.45, 7) is 9.25. The van der Waals surface area contributed by atoms with Gasteiger partial charge in [0.2, 0.25) is 5.79 Å². The van der Waals surface area contributed by atoms with Crippen molar-refractivity contribution in [3.8, 4) is 5.75 Å². The number of ether oxygens (including phenoxy) is 3. The molecule has 0 amide bonds. The first-order valence-electron chi connectivity index (χ1n) is 15.2. The van der Waals surface area contributed by atoms with Crippen molar-refractivity contribution in [2.24, 2.45) is 0 Å². The molecule has 244 valence electrons. The molecule has 2 aliphatic rings. The number of nitrogens with zero attached hydrogens (tertiary/aromatic N) is 4. The highest BCUT2D eigenvalue weighted by Crippen LogP contribution is 2.41. The van der Waals surface area contributed by atoms with Gasteiger partial charge in [-0.3, -0.25) is 15.1 Å². The van der Waals surface area contributed by atoms with Crippen LogP contribution in [0.15, 0.2) is 49.1 Å². The molecule has 5 rings (SSSR count). The van der Waals surface area contributed by atoms with Gasteiger partial charge in [-0.15, -0.1) is 0 Å². The molecular formula is C32H40Cl3N5O5. The average molecular weight is 681 g/mol. The fourth-order valence-electron chi connectivity index (χ4n) is 5.85. The molecule has 3 heterocycles. The molecule has 2 fully saturated rings. The van der Waals surface area contributed by atoms with Gasteiger partial charge < -0.3 is 23.9 Å². The van der Waals surface area contributed by atoms with Crippen molar-refractivity contribution in [1.82, 2.24) is 24.7 Å². The number of carboxylic acids is 1. The lowest BCUT2D eigenvalue weighted by atomic mass is 10.1. The van der Waals surface area contributed by atoms with Crippen LogP contribution in [0, 0.1) is 6.92 Å². The Balaban J connectivity index is 1.18. The smallest absolute Gasteiger partial charge is 0.335 e. The molecule has 45 heavy (non-hydrogen) atoms. The molecule has 0 radical (unpaired) electrons. The molecule has 3 aromatic rings. The summed E-state index contributed by atoms with van der Waals surface area (Å²) >= 11 is 19.5. The van der Waals surface area contributed by atoms with E-state index in [-0.39, 0.29) is 12.7 Å². The number of aryl methyl sites for hydroxylation is 1. The van der Waals surface area contributed by atoms with Crippen molar-refractivity contribution in [2.45, 2.75) is 57.8 Å². The van der Waals surface area contributed by atoms with Crippen LogP contribution in [0.3, 0.4) is 0 Å². The summed E-state index contributed by atoms with van der Waals surface area (Å²) in [5, 5.41) is 14.4. The van der Waals surface area contributed by atoms with Gasteiger partial charge in [-0.25, -0.2) is 9.78 Å². The minimum Gasteiger partial charge on any atom is -0.489 e. The van der Waals surface area contributed by atoms with Crippen molar-refractivity contribution in [3.63, 3.8) is 0 Å². The summed E-state index contributed by atoms with van der Waals surface area (Å²) in [4.78, 5) is 20.3. The van der Waals surface area contributed by atoms with Gasteiger partial charge in [0, 0.05) is 55.7 Å². The number of imidazole rings is 1. The first-order valence-corrected chi connectivity index (χ1v) is 16.4. The van der Waals surface area contributed by atoms with E-state index in [1.165, 1.54) is 0 Å². The van der Waals surface area contributed by atoms with E-state index in [1.54, 1.807) is 24.7 Å². The summed E-state index contributed by atoms with van der Waals surface area (Å²) < 4.78 is 20.9. The SMILES string of the molecule is CCCCNC(C(=O)O)N1CCN(Cc2cc(C)c(OC[C@@H]3CO[C@@](Cn4ccnc4)(c4ccc(Cl)cc4Cl)O3)c(Cl)c2)CC1. The number of rotatable bonds is 14. The highest BCUT2D eigenvalue weighted by atomic mass is 35.5. The fourth-order valence-corrected chi connectivity index (χ4v) is 6.75. The van der Waals surface area contributed by atoms with Crippen LogP contribution in [0.2, 0.25) is 15.1 Å². The number of unbranched alkanes of at least 4 members (excludes halogenated alkanes) is 1. The highest BCUT2D eigenvalue weighted by Gasteiger charge is 2.45. The molecule has 2 aliphatic heterocycles. The maximum atomic E-state index is 11.8. The molecule has 2 saturated heterocycles. The quantitative estimate of drug-likeness (QED) is 0.216. The number of halogens is 3. The van der Waals surface area contributed by atoms with E-state index in [2.05, 4.69) is 28.2 Å². The van der Waals surface area contributed by atoms with Crippen LogP contribution in [0.5, 0.6) is 5.75 Å². The Labute approximate surface area is 279 Å². The van der Waals surface area contributed by atoms with E-state index in [9.17, 15) is 9.90 Å². The number of benzene rings is 2. The summed E-state index contributed by atoms with van der Waals surface area (Å²) in [7, 11) is 0. The van der Waals surface area contributed by atoms with Crippen molar-refractivity contribution < 1.29 is 24.1 Å². The number of hydrogen-bond donors (Lipinski definition) is 2. The van der Waals surface area contributed by atoms with Gasteiger partial charge in [0.15, 0.2) is 6.17 Å². The van der Waals surface area contributed by atoms with Crippen LogP contribution in [-0.4, -0.2) is 88.6 Å². The number of hydrogen-bond acceptors (Lipinski definition) is 8. The average Bonchev–Trinajstić information content (AvgIpc) is 3.66. The van der Waals surface area contributed by atoms with Crippen molar-refractivity contribution in [1.29, 1.82) is 0 Å². The van der Waals surface area contributed by atoms with E-state index in [0.29, 0.717) is 65.7 Å². The lowest BCUT2D eigenvalue weighted by Crippen LogP contribution is -2.57. The molecule has 1 aromatic heterocycles. The summed E-state index contributed by atoms with van der Waals surface area (Å²) in [6.07, 6.45) is 6.18. The second kappa shape index (κ2) is 15.5. The molecule has 10 nitrogen and oxygen atoms in total. The van der Waals surface area contributed by atoms with Gasteiger partial charge in [-0.05, 0) is 49.2 Å². The lowest BCUT2D eigenvalue weighted by molar-refractivity contribution is -0.189. The predicted octanol–water partition coefficient (Wildman–Crippen LogP) is 5.42. The van der Waals surface area contributed by atoms with Gasteiger partial charge in [0.05, 0.1) is 29.5 Å². The normalized spacial score (nSPS) is 21.7. The standard InChI is InChI=1S/C32H40Cl3N5O5/c1-3-4-7-37-30(31(41)42)40-12-10-38(11-13-40)17-23-14-22(2)29(28(35)15-23)43-18-25-19-44-32(45-25,20-39-9-8-36-21-39)26-6-5-24(33)16-27(26)34/h5-6,8-9,14-16,21,25,30,37H,3-4,7,10-13,17-20H2,1-2H3,(H,41,42)/t25-,30?,32-/m1/s1. The number of aliphatic carboxylic acids is 1. The van der Waals surface area contributed by atoms with Gasteiger partial charge in [-0.2, -0.15) is 0 Å². The largest absolute Gasteiger partial charge is 0.489 e. The van der Waals surface area contributed by atoms with E-state index < -0.39 is 17.9 Å². The maximum Gasteiger partial charge on any atom is 0.335 e. The van der Waals surface area contributed by atoms with Crippen LogP contribution in [0.1, 0.15) is 36.5 Å². The molecule has 2 N–H and O–H groups in total. The van der Waals surface area contributed by atoms with Crippen LogP contribution < -0.4 is 10.1 Å². The second-order valence-corrected chi connectivity index (χ2v) is 12.8. The number of piperazine rings is 1. The van der Waals surface area contributed by atoms with Gasteiger partial charge in [0.25, 0.3) is 0 Å². The van der Waals surface area contributed by atoms with E-state index >= 15 is 0 Å². The molecule has 0 aliphatic carbocycles. The Morgan fingerprint density at radius 1 is 1.18 bits per heavy atom. The zero-order valence-corrected chi connectivity index (χ0v) is 27.8. The third-order valence-corrected chi connectivity index (χ3v) is 8.96. The first kappa shape index (κ1) is 33.9. The number of carbonyl (C=O) groups is 1. The molecule has 0 bridgehead atoms. The number of carboxylic acid groups (broad SMARTS) is 1. The van der Waals surface area contributed by atoms with E-state index in [0.717, 1.165) is 37.1 Å². The van der Waals surface area contributed by atoms with Crippen LogP contribution in [0.25, 0.3) is 0 Å². The molecule has 0 saturated carbocycles. The maximum absolute atomic E-state index is 11.8. The van der Waals surface area contributed by atoms with Gasteiger partial charge in [-0.1, -0.05) is 60.3 Å². The summed E-state index contributed by atoms with van der Waals surface area (Å²) in [5.41, 5.74) is 2.67. The van der Waals surface area contributed by atoms with Crippen LogP contribution in [0.4, 0.5) is 0 Å². The summed E-state index contributed by atoms with van der Waals surface area (Å²) in [6, 6.07) is 9.28. The van der Waals surface area contributed by atoms with E-state index in [4.69, 9.17) is 49.0 Å².